The lowest BCUT2D eigenvalue weighted by Gasteiger charge is -2.15. The number of hydrogen-bond acceptors (Lipinski definition) is 5. The Morgan fingerprint density at radius 3 is 2.57 bits per heavy atom. The molecule has 0 unspecified atom stereocenters. The van der Waals surface area contributed by atoms with Crippen molar-refractivity contribution in [3.05, 3.63) is 48.2 Å². The molecule has 0 bridgehead atoms. The topological polar surface area (TPSA) is 57.7 Å². The molecule has 3 aromatic rings. The zero-order valence-electron chi connectivity index (χ0n) is 13.9. The minimum absolute atomic E-state index is 0.0270. The lowest BCUT2D eigenvalue weighted by atomic mass is 9.96. The second-order valence-electron chi connectivity index (χ2n) is 6.62. The van der Waals surface area contributed by atoms with Crippen molar-refractivity contribution >= 4 is 16.7 Å². The Hall–Kier alpha value is -2.21. The van der Waals surface area contributed by atoms with Crippen LogP contribution in [0, 0.1) is 0 Å². The van der Waals surface area contributed by atoms with Gasteiger partial charge in [0, 0.05) is 24.0 Å². The van der Waals surface area contributed by atoms with Crippen LogP contribution in [-0.4, -0.2) is 26.4 Å². The van der Waals surface area contributed by atoms with Crippen LogP contribution in [0.25, 0.3) is 11.3 Å². The molecular weight excluding hydrogens is 306 g/mol. The van der Waals surface area contributed by atoms with Gasteiger partial charge < -0.3 is 9.88 Å². The molecule has 5 nitrogen and oxygen atoms in total. The monoisotopic (exact) mass is 327 g/mol. The van der Waals surface area contributed by atoms with Crippen LogP contribution in [0.5, 0.6) is 0 Å². The van der Waals surface area contributed by atoms with Crippen LogP contribution in [0.3, 0.4) is 0 Å². The summed E-state index contributed by atoms with van der Waals surface area (Å²) in [6.07, 6.45) is 1.87. The van der Waals surface area contributed by atoms with E-state index in [-0.39, 0.29) is 5.41 Å². The number of anilines is 1. The van der Waals surface area contributed by atoms with E-state index in [1.54, 1.807) is 0 Å². The van der Waals surface area contributed by atoms with E-state index in [2.05, 4.69) is 57.1 Å². The van der Waals surface area contributed by atoms with Gasteiger partial charge in [-0.2, -0.15) is 4.37 Å². The van der Waals surface area contributed by atoms with Gasteiger partial charge in [0.25, 0.3) is 0 Å². The number of aromatic nitrogens is 4. The standard InChI is InChI=1S/C17H21N5S/c1-17(2,3)15-20-16(23-21-15)22(4)11-14-18-10-13(19-14)12-8-6-5-7-9-12/h5-10H,11H2,1-4H3,(H,18,19). The zero-order valence-corrected chi connectivity index (χ0v) is 14.7. The van der Waals surface area contributed by atoms with Gasteiger partial charge in [-0.3, -0.25) is 0 Å². The highest BCUT2D eigenvalue weighted by atomic mass is 32.1. The molecule has 23 heavy (non-hydrogen) atoms. The third-order valence-electron chi connectivity index (χ3n) is 3.51. The molecule has 0 saturated heterocycles. The molecule has 1 N–H and O–H groups in total. The number of nitrogens with one attached hydrogen (secondary N) is 1. The number of rotatable bonds is 4. The summed E-state index contributed by atoms with van der Waals surface area (Å²) in [5.41, 5.74) is 2.14. The Morgan fingerprint density at radius 2 is 1.91 bits per heavy atom. The van der Waals surface area contributed by atoms with Crippen LogP contribution in [0.15, 0.2) is 36.5 Å². The van der Waals surface area contributed by atoms with Crippen LogP contribution >= 0.6 is 11.5 Å². The van der Waals surface area contributed by atoms with Crippen molar-refractivity contribution in [3.63, 3.8) is 0 Å². The highest BCUT2D eigenvalue weighted by molar-refractivity contribution is 7.09. The molecule has 0 atom stereocenters. The van der Waals surface area contributed by atoms with E-state index < -0.39 is 0 Å². The number of hydrogen-bond donors (Lipinski definition) is 1. The molecule has 0 amide bonds. The average molecular weight is 327 g/mol. The summed E-state index contributed by atoms with van der Waals surface area (Å²) in [7, 11) is 2.01. The Morgan fingerprint density at radius 1 is 1.17 bits per heavy atom. The molecule has 120 valence electrons. The fraction of sp³-hybridized carbons (Fsp3) is 0.353. The average Bonchev–Trinajstić information content (AvgIpc) is 3.17. The minimum atomic E-state index is -0.0270. The van der Waals surface area contributed by atoms with Crippen molar-refractivity contribution in [2.75, 3.05) is 11.9 Å². The van der Waals surface area contributed by atoms with Gasteiger partial charge >= 0.3 is 0 Å². The molecule has 0 aliphatic rings. The SMILES string of the molecule is CN(Cc1ncc(-c2ccccc2)[nH]1)c1nc(C(C)(C)C)ns1. The van der Waals surface area contributed by atoms with E-state index in [1.165, 1.54) is 11.5 Å². The third-order valence-corrected chi connectivity index (χ3v) is 4.34. The van der Waals surface area contributed by atoms with E-state index in [1.807, 2.05) is 31.4 Å². The lowest BCUT2D eigenvalue weighted by Crippen LogP contribution is -2.18. The van der Waals surface area contributed by atoms with Crippen molar-refractivity contribution in [1.82, 2.24) is 19.3 Å². The molecular formula is C17H21N5S. The maximum Gasteiger partial charge on any atom is 0.205 e. The fourth-order valence-corrected chi connectivity index (χ4v) is 2.99. The molecule has 0 saturated carbocycles. The molecule has 0 aliphatic carbocycles. The molecule has 0 spiro atoms. The largest absolute Gasteiger partial charge is 0.342 e. The van der Waals surface area contributed by atoms with Crippen LogP contribution in [0.4, 0.5) is 5.13 Å². The molecule has 0 aliphatic heterocycles. The normalized spacial score (nSPS) is 11.7. The van der Waals surface area contributed by atoms with Crippen LogP contribution < -0.4 is 4.90 Å². The molecule has 6 heteroatoms. The number of nitrogens with zero attached hydrogens (tertiary/aromatic N) is 4. The van der Waals surface area contributed by atoms with Gasteiger partial charge in [0.05, 0.1) is 18.4 Å². The molecule has 1 aromatic carbocycles. The van der Waals surface area contributed by atoms with Crippen molar-refractivity contribution in [2.24, 2.45) is 0 Å². The quantitative estimate of drug-likeness (QED) is 0.790. The predicted molar refractivity (Wildman–Crippen MR) is 94.7 cm³/mol. The van der Waals surface area contributed by atoms with Crippen molar-refractivity contribution < 1.29 is 0 Å². The first-order valence-electron chi connectivity index (χ1n) is 7.58. The van der Waals surface area contributed by atoms with Gasteiger partial charge in [0.2, 0.25) is 5.13 Å². The van der Waals surface area contributed by atoms with Gasteiger partial charge in [0.15, 0.2) is 0 Å². The Kier molecular flexibility index (Phi) is 4.17. The van der Waals surface area contributed by atoms with E-state index >= 15 is 0 Å². The molecule has 3 rings (SSSR count). The number of imidazole rings is 1. The first-order valence-corrected chi connectivity index (χ1v) is 8.35. The summed E-state index contributed by atoms with van der Waals surface area (Å²) in [5.74, 6) is 1.80. The van der Waals surface area contributed by atoms with E-state index in [0.29, 0.717) is 6.54 Å². The molecule has 2 heterocycles. The minimum Gasteiger partial charge on any atom is -0.342 e. The summed E-state index contributed by atoms with van der Waals surface area (Å²) in [5, 5.41) is 0.910. The maximum atomic E-state index is 4.63. The van der Waals surface area contributed by atoms with Gasteiger partial charge in [-0.25, -0.2) is 9.97 Å². The summed E-state index contributed by atoms with van der Waals surface area (Å²) in [4.78, 5) is 14.5. The second-order valence-corrected chi connectivity index (χ2v) is 7.35. The van der Waals surface area contributed by atoms with Crippen molar-refractivity contribution in [2.45, 2.75) is 32.7 Å². The van der Waals surface area contributed by atoms with Crippen molar-refractivity contribution in [1.29, 1.82) is 0 Å². The lowest BCUT2D eigenvalue weighted by molar-refractivity contribution is 0.554. The third kappa shape index (κ3) is 3.59. The van der Waals surface area contributed by atoms with E-state index in [0.717, 1.165) is 28.0 Å². The first kappa shape index (κ1) is 15.7. The fourth-order valence-electron chi connectivity index (χ4n) is 2.17. The van der Waals surface area contributed by atoms with Crippen molar-refractivity contribution in [3.8, 4) is 11.3 Å². The number of benzene rings is 1. The molecule has 0 fully saturated rings. The number of aromatic amines is 1. The van der Waals surface area contributed by atoms with Gasteiger partial charge in [-0.05, 0) is 5.56 Å². The van der Waals surface area contributed by atoms with Gasteiger partial charge in [-0.1, -0.05) is 51.1 Å². The summed E-state index contributed by atoms with van der Waals surface area (Å²) >= 11 is 1.43. The van der Waals surface area contributed by atoms with Gasteiger partial charge in [-0.15, -0.1) is 0 Å². The summed E-state index contributed by atoms with van der Waals surface area (Å²) < 4.78 is 4.46. The Labute approximate surface area is 140 Å². The number of H-pyrrole nitrogens is 1. The highest BCUT2D eigenvalue weighted by Crippen LogP contribution is 2.25. The Balaban J connectivity index is 1.72. The smallest absolute Gasteiger partial charge is 0.205 e. The second kappa shape index (κ2) is 6.12. The first-order chi connectivity index (χ1) is 10.9. The summed E-state index contributed by atoms with van der Waals surface area (Å²) in [6, 6.07) is 10.2. The van der Waals surface area contributed by atoms with Crippen LogP contribution in [0.1, 0.15) is 32.4 Å². The highest BCUT2D eigenvalue weighted by Gasteiger charge is 2.21. The Bertz CT molecular complexity index is 770. The van der Waals surface area contributed by atoms with Crippen LogP contribution in [0.2, 0.25) is 0 Å². The molecule has 2 aromatic heterocycles. The van der Waals surface area contributed by atoms with Gasteiger partial charge in [0.1, 0.15) is 11.6 Å². The van der Waals surface area contributed by atoms with Crippen LogP contribution in [-0.2, 0) is 12.0 Å². The maximum absolute atomic E-state index is 4.63. The predicted octanol–water partition coefficient (Wildman–Crippen LogP) is 3.86. The zero-order chi connectivity index (χ0) is 16.4. The van der Waals surface area contributed by atoms with E-state index in [4.69, 9.17) is 0 Å². The van der Waals surface area contributed by atoms with E-state index in [9.17, 15) is 0 Å². The molecule has 0 radical (unpaired) electrons. The summed E-state index contributed by atoms with van der Waals surface area (Å²) in [6.45, 7) is 7.04.